The molecule has 0 radical (unpaired) electrons. The molecule has 0 N–H and O–H groups in total. The minimum atomic E-state index is -0.931. The van der Waals surface area contributed by atoms with Crippen LogP contribution in [0.5, 0.6) is 11.5 Å². The van der Waals surface area contributed by atoms with Crippen molar-refractivity contribution in [2.24, 2.45) is 0 Å². The fraction of sp³-hybridized carbons (Fsp3) is 0.595. The Morgan fingerprint density at radius 2 is 1.40 bits per heavy atom. The quantitative estimate of drug-likeness (QED) is 0.141. The molecule has 0 unspecified atom stereocenters. The van der Waals surface area contributed by atoms with Crippen LogP contribution >= 0.6 is 0 Å². The second-order valence-corrected chi connectivity index (χ2v) is 13.3. The number of nitro benzene ring substituents is 1. The third kappa shape index (κ3) is 9.32. The zero-order valence-electron chi connectivity index (χ0n) is 29.1. The molecule has 1 saturated carbocycles. The second kappa shape index (κ2) is 17.3. The lowest BCUT2D eigenvalue weighted by molar-refractivity contribution is -0.385. The minimum absolute atomic E-state index is 0.170. The molecule has 10 nitrogen and oxygen atoms in total. The molecule has 0 spiro atoms. The summed E-state index contributed by atoms with van der Waals surface area (Å²) in [5, 5.41) is 11.8. The molecule has 1 aliphatic carbocycles. The predicted molar refractivity (Wildman–Crippen MR) is 184 cm³/mol. The van der Waals surface area contributed by atoms with Crippen molar-refractivity contribution in [1.29, 1.82) is 0 Å². The lowest BCUT2D eigenvalue weighted by Gasteiger charge is -2.32. The molecular formula is C37H53N3O7. The molecule has 0 bridgehead atoms. The van der Waals surface area contributed by atoms with E-state index in [0.29, 0.717) is 24.3 Å². The van der Waals surface area contributed by atoms with Crippen LogP contribution in [0.2, 0.25) is 0 Å². The highest BCUT2D eigenvalue weighted by Gasteiger charge is 2.34. The van der Waals surface area contributed by atoms with Crippen LogP contribution in [0.15, 0.2) is 42.4 Å². The first-order chi connectivity index (χ1) is 22.6. The zero-order chi connectivity index (χ0) is 33.9. The van der Waals surface area contributed by atoms with E-state index < -0.39 is 11.1 Å². The van der Waals surface area contributed by atoms with Crippen LogP contribution in [-0.4, -0.2) is 42.9 Å². The number of carbonyl (C=O) groups excluding carboxylic acids is 1. The maximum Gasteiger partial charge on any atom is 0.515 e. The number of para-hydroxylation sites is 1. The third-order valence-electron chi connectivity index (χ3n) is 9.32. The van der Waals surface area contributed by atoms with E-state index >= 15 is 0 Å². The van der Waals surface area contributed by atoms with E-state index in [0.717, 1.165) is 18.5 Å². The number of carbonyl (C=O) groups is 1. The van der Waals surface area contributed by atoms with Crippen molar-refractivity contribution in [3.05, 3.63) is 69.2 Å². The summed E-state index contributed by atoms with van der Waals surface area (Å²) < 4.78 is 22.1. The molecule has 4 rings (SSSR count). The Balaban J connectivity index is 1.63. The summed E-state index contributed by atoms with van der Waals surface area (Å²) in [4.78, 5) is 29.1. The number of benzene rings is 2. The van der Waals surface area contributed by atoms with Gasteiger partial charge in [0.1, 0.15) is 6.61 Å². The first-order valence-corrected chi connectivity index (χ1v) is 17.3. The van der Waals surface area contributed by atoms with Gasteiger partial charge in [-0.1, -0.05) is 104 Å². The van der Waals surface area contributed by atoms with Gasteiger partial charge in [0.25, 0.3) is 5.69 Å². The molecule has 0 amide bonds. The number of hydrogen-bond acceptors (Lipinski definition) is 9. The van der Waals surface area contributed by atoms with Gasteiger partial charge in [-0.3, -0.25) is 15.0 Å². The lowest BCUT2D eigenvalue weighted by atomic mass is 9.92. The SMILES string of the molecule is COc1cc(COC(=O)OC2=CN(C3CCCCCCCCCCC3)CN2c2c(C(C)C)cccc2C(C)C)c([N+](=O)[O-])cc1OC. The number of hydrogen-bond donors (Lipinski definition) is 0. The number of rotatable bonds is 10. The number of anilines is 1. The largest absolute Gasteiger partial charge is 0.515 e. The van der Waals surface area contributed by atoms with E-state index in [1.54, 1.807) is 0 Å². The molecule has 1 heterocycles. The lowest BCUT2D eigenvalue weighted by Crippen LogP contribution is -2.36. The van der Waals surface area contributed by atoms with Crippen LogP contribution in [0, 0.1) is 10.1 Å². The average Bonchev–Trinajstić information content (AvgIpc) is 3.45. The number of nitro groups is 1. The molecule has 0 aromatic heterocycles. The van der Waals surface area contributed by atoms with Gasteiger partial charge in [0.2, 0.25) is 5.88 Å². The van der Waals surface area contributed by atoms with Crippen molar-refractivity contribution in [3.63, 3.8) is 0 Å². The first kappa shape index (κ1) is 35.9. The van der Waals surface area contributed by atoms with E-state index in [4.69, 9.17) is 18.9 Å². The van der Waals surface area contributed by atoms with Gasteiger partial charge >= 0.3 is 6.16 Å². The van der Waals surface area contributed by atoms with Gasteiger partial charge in [-0.15, -0.1) is 0 Å². The van der Waals surface area contributed by atoms with E-state index in [-0.39, 0.29) is 35.4 Å². The average molecular weight is 652 g/mol. The fourth-order valence-electron chi connectivity index (χ4n) is 6.71. The summed E-state index contributed by atoms with van der Waals surface area (Å²) in [5.41, 5.74) is 3.35. The van der Waals surface area contributed by atoms with Crippen molar-refractivity contribution < 1.29 is 28.7 Å². The van der Waals surface area contributed by atoms with Gasteiger partial charge in [0, 0.05) is 6.04 Å². The topological polar surface area (TPSA) is 104 Å². The molecular weight excluding hydrogens is 598 g/mol. The van der Waals surface area contributed by atoms with Crippen LogP contribution in [0.25, 0.3) is 0 Å². The minimum Gasteiger partial charge on any atom is -0.493 e. The van der Waals surface area contributed by atoms with Gasteiger partial charge < -0.3 is 23.8 Å². The van der Waals surface area contributed by atoms with E-state index in [2.05, 4.69) is 55.7 Å². The fourth-order valence-corrected chi connectivity index (χ4v) is 6.71. The zero-order valence-corrected chi connectivity index (χ0v) is 29.1. The molecule has 10 heteroatoms. The number of nitrogens with zero attached hydrogens (tertiary/aromatic N) is 3. The Labute approximate surface area is 280 Å². The molecule has 1 fully saturated rings. The van der Waals surface area contributed by atoms with Crippen molar-refractivity contribution >= 4 is 17.5 Å². The summed E-state index contributed by atoms with van der Waals surface area (Å²) in [7, 11) is 2.85. The van der Waals surface area contributed by atoms with E-state index in [1.165, 1.54) is 95.3 Å². The summed E-state index contributed by atoms with van der Waals surface area (Å²) in [6.07, 6.45) is 14.6. The Morgan fingerprint density at radius 3 is 1.91 bits per heavy atom. The van der Waals surface area contributed by atoms with Crippen molar-refractivity contribution in [2.45, 2.75) is 123 Å². The molecule has 2 aromatic rings. The van der Waals surface area contributed by atoms with E-state index in [9.17, 15) is 14.9 Å². The highest BCUT2D eigenvalue weighted by atomic mass is 16.7. The predicted octanol–water partition coefficient (Wildman–Crippen LogP) is 9.76. The van der Waals surface area contributed by atoms with Crippen molar-refractivity contribution in [1.82, 2.24) is 4.90 Å². The van der Waals surface area contributed by atoms with Crippen LogP contribution in [0.4, 0.5) is 16.2 Å². The number of methoxy groups -OCH3 is 2. The van der Waals surface area contributed by atoms with Gasteiger partial charge in [0.15, 0.2) is 11.5 Å². The highest BCUT2D eigenvalue weighted by Crippen LogP contribution is 2.40. The van der Waals surface area contributed by atoms with Crippen molar-refractivity contribution in [3.8, 4) is 11.5 Å². The van der Waals surface area contributed by atoms with E-state index in [1.807, 2.05) is 6.20 Å². The van der Waals surface area contributed by atoms with Gasteiger partial charge in [-0.2, -0.15) is 0 Å². The Bertz CT molecular complexity index is 1350. The normalized spacial score (nSPS) is 16.8. The third-order valence-corrected chi connectivity index (χ3v) is 9.32. The standard InChI is InChI=1S/C37H53N3O7/c1-26(2)30-19-16-20-31(27(3)4)36(30)39-25-38(29-17-14-12-10-8-7-9-11-13-15-18-29)23-35(39)47-37(41)46-24-28-21-33(44-5)34(45-6)22-32(28)40(42)43/h16,19-23,26-27,29H,7-15,17-18,24-25H2,1-6H3. The van der Waals surface area contributed by atoms with Crippen LogP contribution < -0.4 is 14.4 Å². The van der Waals surface area contributed by atoms with Crippen molar-refractivity contribution in [2.75, 3.05) is 25.8 Å². The second-order valence-electron chi connectivity index (χ2n) is 13.3. The monoisotopic (exact) mass is 651 g/mol. The number of ether oxygens (including phenoxy) is 4. The molecule has 2 aromatic carbocycles. The summed E-state index contributed by atoms with van der Waals surface area (Å²) in [5.74, 6) is 1.41. The maximum atomic E-state index is 13.3. The highest BCUT2D eigenvalue weighted by molar-refractivity contribution is 5.68. The summed E-state index contributed by atoms with van der Waals surface area (Å²) in [6.45, 7) is 8.92. The van der Waals surface area contributed by atoms with Crippen LogP contribution in [0.1, 0.15) is 127 Å². The van der Waals surface area contributed by atoms with Gasteiger partial charge in [-0.05, 0) is 41.9 Å². The molecule has 0 saturated heterocycles. The molecule has 1 aliphatic heterocycles. The van der Waals surface area contributed by atoms with Gasteiger partial charge in [-0.25, -0.2) is 4.79 Å². The maximum absolute atomic E-state index is 13.3. The van der Waals surface area contributed by atoms with Crippen LogP contribution in [0.3, 0.4) is 0 Å². The Hall–Kier alpha value is -3.95. The molecule has 0 atom stereocenters. The summed E-state index contributed by atoms with van der Waals surface area (Å²) in [6, 6.07) is 9.44. The smallest absolute Gasteiger partial charge is 0.493 e. The Kier molecular flexibility index (Phi) is 13.2. The summed E-state index contributed by atoms with van der Waals surface area (Å²) >= 11 is 0. The van der Waals surface area contributed by atoms with Crippen LogP contribution in [-0.2, 0) is 16.1 Å². The molecule has 258 valence electrons. The van der Waals surface area contributed by atoms with Gasteiger partial charge in [0.05, 0.1) is 49.3 Å². The molecule has 2 aliphatic rings. The molecule has 47 heavy (non-hydrogen) atoms. The first-order valence-electron chi connectivity index (χ1n) is 17.3. The Morgan fingerprint density at radius 1 is 0.872 bits per heavy atom.